The summed E-state index contributed by atoms with van der Waals surface area (Å²) in [5.41, 5.74) is 1.29. The Hall–Kier alpha value is -1.97. The van der Waals surface area contributed by atoms with E-state index >= 15 is 0 Å². The second-order valence-corrected chi connectivity index (χ2v) is 3.23. The highest BCUT2D eigenvalue weighted by Crippen LogP contribution is 2.21. The van der Waals surface area contributed by atoms with Crippen molar-refractivity contribution in [1.29, 1.82) is 0 Å². The fourth-order valence-corrected chi connectivity index (χ4v) is 1.37. The van der Waals surface area contributed by atoms with Crippen molar-refractivity contribution in [3.63, 3.8) is 0 Å². The van der Waals surface area contributed by atoms with Crippen LogP contribution >= 0.6 is 0 Å². The van der Waals surface area contributed by atoms with Crippen LogP contribution in [0.25, 0.3) is 11.3 Å². The van der Waals surface area contributed by atoms with E-state index in [0.717, 1.165) is 0 Å². The molecule has 0 amide bonds. The normalized spacial score (nSPS) is 10.3. The molecule has 0 N–H and O–H groups in total. The maximum Gasteiger partial charge on any atom is 0.150 e. The molecule has 0 bridgehead atoms. The summed E-state index contributed by atoms with van der Waals surface area (Å²) in [6.07, 6.45) is 2.35. The van der Waals surface area contributed by atoms with Gasteiger partial charge in [0.05, 0.1) is 5.69 Å². The van der Waals surface area contributed by atoms with Gasteiger partial charge in [0.2, 0.25) is 0 Å². The molecule has 0 unspecified atom stereocenters. The zero-order valence-electron chi connectivity index (χ0n) is 8.14. The van der Waals surface area contributed by atoms with E-state index in [1.807, 2.05) is 0 Å². The second kappa shape index (κ2) is 3.65. The average Bonchev–Trinajstić information content (AvgIpc) is 2.64. The Labute approximate surface area is 86.2 Å². The number of hydrogen-bond acceptors (Lipinski definition) is 2. The zero-order valence-corrected chi connectivity index (χ0v) is 8.14. The minimum absolute atomic E-state index is 0.326. The monoisotopic (exact) mass is 204 g/mol. The van der Waals surface area contributed by atoms with E-state index in [4.69, 9.17) is 0 Å². The summed E-state index contributed by atoms with van der Waals surface area (Å²) in [5, 5.41) is 4.09. The van der Waals surface area contributed by atoms with Gasteiger partial charge in [0.25, 0.3) is 0 Å². The van der Waals surface area contributed by atoms with E-state index in [1.54, 1.807) is 36.1 Å². The van der Waals surface area contributed by atoms with Crippen LogP contribution in [0.4, 0.5) is 4.39 Å². The van der Waals surface area contributed by atoms with Crippen LogP contribution in [-0.2, 0) is 7.05 Å². The van der Waals surface area contributed by atoms with Gasteiger partial charge in [0.15, 0.2) is 0 Å². The van der Waals surface area contributed by atoms with Crippen molar-refractivity contribution in [2.24, 2.45) is 7.05 Å². The van der Waals surface area contributed by atoms with Gasteiger partial charge in [-0.25, -0.2) is 4.39 Å². The predicted molar refractivity (Wildman–Crippen MR) is 54.0 cm³/mol. The highest BCUT2D eigenvalue weighted by Gasteiger charge is 2.07. The van der Waals surface area contributed by atoms with E-state index in [9.17, 15) is 9.18 Å². The number of aryl methyl sites for hydroxylation is 1. The first-order chi connectivity index (χ1) is 7.20. The van der Waals surface area contributed by atoms with Crippen molar-refractivity contribution in [2.45, 2.75) is 0 Å². The molecule has 2 rings (SSSR count). The van der Waals surface area contributed by atoms with E-state index in [1.165, 1.54) is 6.07 Å². The third-order valence-electron chi connectivity index (χ3n) is 2.12. The molecule has 1 aromatic carbocycles. The molecule has 2 aromatic rings. The number of rotatable bonds is 2. The molecule has 4 heteroatoms. The van der Waals surface area contributed by atoms with Gasteiger partial charge in [-0.15, -0.1) is 0 Å². The molecular formula is C11H9FN2O. The van der Waals surface area contributed by atoms with Crippen molar-refractivity contribution in [2.75, 3.05) is 0 Å². The molecule has 1 aromatic heterocycles. The minimum atomic E-state index is -0.432. The molecule has 0 spiro atoms. The lowest BCUT2D eigenvalue weighted by Gasteiger charge is -1.99. The van der Waals surface area contributed by atoms with Crippen molar-refractivity contribution in [1.82, 2.24) is 9.78 Å². The summed E-state index contributed by atoms with van der Waals surface area (Å²) in [4.78, 5) is 10.4. The molecule has 0 atom stereocenters. The molecule has 15 heavy (non-hydrogen) atoms. The Balaban J connectivity index is 2.49. The summed E-state index contributed by atoms with van der Waals surface area (Å²) < 4.78 is 15.1. The van der Waals surface area contributed by atoms with Crippen molar-refractivity contribution < 1.29 is 9.18 Å². The molecule has 0 saturated carbocycles. The molecule has 0 radical (unpaired) electrons. The number of carbonyl (C=O) groups is 1. The first-order valence-electron chi connectivity index (χ1n) is 4.45. The fourth-order valence-electron chi connectivity index (χ4n) is 1.37. The lowest BCUT2D eigenvalue weighted by molar-refractivity contribution is 0.112. The maximum absolute atomic E-state index is 13.5. The van der Waals surface area contributed by atoms with E-state index < -0.39 is 5.82 Å². The second-order valence-electron chi connectivity index (χ2n) is 3.23. The molecule has 0 saturated heterocycles. The lowest BCUT2D eigenvalue weighted by Crippen LogP contribution is -1.91. The van der Waals surface area contributed by atoms with E-state index in [0.29, 0.717) is 23.1 Å². The van der Waals surface area contributed by atoms with Crippen molar-refractivity contribution in [3.05, 3.63) is 41.8 Å². The van der Waals surface area contributed by atoms with Crippen LogP contribution in [0, 0.1) is 5.82 Å². The van der Waals surface area contributed by atoms with Crippen LogP contribution in [0.5, 0.6) is 0 Å². The van der Waals surface area contributed by atoms with Gasteiger partial charge in [0, 0.05) is 24.4 Å². The molecule has 3 nitrogen and oxygen atoms in total. The SMILES string of the molecule is Cn1ccc(-c2ccc(C=O)cc2F)n1. The van der Waals surface area contributed by atoms with Gasteiger partial charge in [-0.05, 0) is 18.2 Å². The molecule has 1 heterocycles. The summed E-state index contributed by atoms with van der Waals surface area (Å²) in [7, 11) is 1.77. The molecular weight excluding hydrogens is 195 g/mol. The zero-order chi connectivity index (χ0) is 10.8. The van der Waals surface area contributed by atoms with Crippen LogP contribution in [0.3, 0.4) is 0 Å². The largest absolute Gasteiger partial charge is 0.298 e. The van der Waals surface area contributed by atoms with Gasteiger partial charge in [0.1, 0.15) is 12.1 Å². The van der Waals surface area contributed by atoms with Crippen LogP contribution in [0.15, 0.2) is 30.5 Å². The summed E-state index contributed by atoms with van der Waals surface area (Å²) in [6.45, 7) is 0. The van der Waals surface area contributed by atoms with Gasteiger partial charge >= 0.3 is 0 Å². The third kappa shape index (κ3) is 1.79. The minimum Gasteiger partial charge on any atom is -0.298 e. The maximum atomic E-state index is 13.5. The first-order valence-corrected chi connectivity index (χ1v) is 4.45. The smallest absolute Gasteiger partial charge is 0.150 e. The summed E-state index contributed by atoms with van der Waals surface area (Å²) in [5.74, 6) is -0.432. The number of nitrogens with zero attached hydrogens (tertiary/aromatic N) is 2. The third-order valence-corrected chi connectivity index (χ3v) is 2.12. The van der Waals surface area contributed by atoms with E-state index in [-0.39, 0.29) is 0 Å². The van der Waals surface area contributed by atoms with Gasteiger partial charge < -0.3 is 0 Å². The lowest BCUT2D eigenvalue weighted by atomic mass is 10.1. The van der Waals surface area contributed by atoms with Gasteiger partial charge in [-0.1, -0.05) is 6.07 Å². The first kappa shape index (κ1) is 9.58. The van der Waals surface area contributed by atoms with Crippen molar-refractivity contribution in [3.8, 4) is 11.3 Å². The fraction of sp³-hybridized carbons (Fsp3) is 0.0909. The summed E-state index contributed by atoms with van der Waals surface area (Å²) in [6, 6.07) is 6.05. The number of hydrogen-bond donors (Lipinski definition) is 0. The molecule has 76 valence electrons. The molecule has 0 fully saturated rings. The summed E-state index contributed by atoms with van der Waals surface area (Å²) >= 11 is 0. The molecule has 0 aliphatic carbocycles. The number of carbonyl (C=O) groups excluding carboxylic acids is 1. The highest BCUT2D eigenvalue weighted by molar-refractivity contribution is 5.76. The standard InChI is InChI=1S/C11H9FN2O/c1-14-5-4-11(13-14)9-3-2-8(7-15)6-10(9)12/h2-7H,1H3. The van der Waals surface area contributed by atoms with Crippen LogP contribution in [-0.4, -0.2) is 16.1 Å². The van der Waals surface area contributed by atoms with Crippen molar-refractivity contribution >= 4 is 6.29 Å². The quantitative estimate of drug-likeness (QED) is 0.701. The van der Waals surface area contributed by atoms with E-state index in [2.05, 4.69) is 5.10 Å². The van der Waals surface area contributed by atoms with Crippen LogP contribution in [0.2, 0.25) is 0 Å². The Morgan fingerprint density at radius 1 is 1.40 bits per heavy atom. The van der Waals surface area contributed by atoms with Crippen LogP contribution in [0.1, 0.15) is 10.4 Å². The number of aldehydes is 1. The topological polar surface area (TPSA) is 34.9 Å². The number of halogens is 1. The average molecular weight is 204 g/mol. The van der Waals surface area contributed by atoms with Crippen LogP contribution < -0.4 is 0 Å². The van der Waals surface area contributed by atoms with Gasteiger partial charge in [-0.2, -0.15) is 5.10 Å². The number of aromatic nitrogens is 2. The Bertz CT molecular complexity index is 505. The highest BCUT2D eigenvalue weighted by atomic mass is 19.1. The Morgan fingerprint density at radius 3 is 2.73 bits per heavy atom. The Kier molecular flexibility index (Phi) is 2.33. The molecule has 0 aliphatic rings. The van der Waals surface area contributed by atoms with Gasteiger partial charge in [-0.3, -0.25) is 9.48 Å². The Morgan fingerprint density at radius 2 is 2.20 bits per heavy atom. The number of benzene rings is 1. The molecule has 0 aliphatic heterocycles. The predicted octanol–water partition coefficient (Wildman–Crippen LogP) is 2.04.